The van der Waals surface area contributed by atoms with Crippen LogP contribution in [-0.4, -0.2) is 40.7 Å². The Kier molecular flexibility index (Phi) is 7.65. The summed E-state index contributed by atoms with van der Waals surface area (Å²) in [7, 11) is 1.63. The van der Waals surface area contributed by atoms with Gasteiger partial charge in [0.1, 0.15) is 10.9 Å². The number of methoxy groups -OCH3 is 1. The molecule has 0 bridgehead atoms. The van der Waals surface area contributed by atoms with Crippen LogP contribution in [0.4, 0.5) is 4.79 Å². The predicted molar refractivity (Wildman–Crippen MR) is 152 cm³/mol. The van der Waals surface area contributed by atoms with Crippen molar-refractivity contribution < 1.29 is 9.53 Å². The molecule has 0 saturated carbocycles. The fourth-order valence-corrected chi connectivity index (χ4v) is 5.48. The van der Waals surface area contributed by atoms with E-state index in [2.05, 4.69) is 80.5 Å². The summed E-state index contributed by atoms with van der Waals surface area (Å²) in [6, 6.07) is 16.0. The topological polar surface area (TPSA) is 59.4 Å². The molecule has 0 unspecified atom stereocenters. The van der Waals surface area contributed by atoms with E-state index in [0.717, 1.165) is 52.7 Å². The minimum atomic E-state index is -0.170. The van der Waals surface area contributed by atoms with Crippen molar-refractivity contribution in [3.63, 3.8) is 0 Å². The number of halogens is 2. The van der Waals surface area contributed by atoms with Crippen molar-refractivity contribution in [1.29, 1.82) is 0 Å². The Bertz CT molecular complexity index is 1480. The number of nitrogens with zero attached hydrogens (tertiary/aromatic N) is 3. The van der Waals surface area contributed by atoms with Crippen molar-refractivity contribution >= 4 is 50.5 Å². The normalized spacial score (nSPS) is 13.7. The maximum absolute atomic E-state index is 13.5. The first-order chi connectivity index (χ1) is 17.9. The van der Waals surface area contributed by atoms with Gasteiger partial charge in [-0.05, 0) is 57.7 Å². The molecule has 1 amide bonds. The zero-order chi connectivity index (χ0) is 25.9. The molecule has 3 heterocycles. The van der Waals surface area contributed by atoms with Crippen LogP contribution in [0, 0.1) is 6.92 Å². The van der Waals surface area contributed by atoms with Gasteiger partial charge in [0.15, 0.2) is 0 Å². The van der Waals surface area contributed by atoms with E-state index in [1.165, 1.54) is 16.7 Å². The molecule has 2 aromatic carbocycles. The minimum absolute atomic E-state index is 0.170. The minimum Gasteiger partial charge on any atom is -0.495 e. The lowest BCUT2D eigenvalue weighted by Crippen LogP contribution is -2.34. The highest BCUT2D eigenvalue weighted by Gasteiger charge is 2.27. The molecular weight excluding hydrogens is 552 g/mol. The number of amides is 1. The first-order valence-electron chi connectivity index (χ1n) is 12.2. The van der Waals surface area contributed by atoms with Gasteiger partial charge in [-0.25, -0.2) is 9.78 Å². The number of ether oxygens (including phenoxy) is 1. The Morgan fingerprint density at radius 2 is 2.03 bits per heavy atom. The summed E-state index contributed by atoms with van der Waals surface area (Å²) in [5, 5.41) is 4.51. The third kappa shape index (κ3) is 5.59. The van der Waals surface area contributed by atoms with E-state index in [9.17, 15) is 4.79 Å². The van der Waals surface area contributed by atoms with Gasteiger partial charge in [-0.15, -0.1) is 0 Å². The maximum atomic E-state index is 13.5. The van der Waals surface area contributed by atoms with Crippen LogP contribution in [-0.2, 0) is 19.5 Å². The maximum Gasteiger partial charge on any atom is 0.326 e. The molecule has 37 heavy (non-hydrogen) atoms. The zero-order valence-corrected chi connectivity index (χ0v) is 23.1. The Morgan fingerprint density at radius 3 is 2.78 bits per heavy atom. The van der Waals surface area contributed by atoms with Crippen LogP contribution in [0.5, 0.6) is 5.75 Å². The second kappa shape index (κ2) is 11.1. The molecule has 6 nitrogen and oxygen atoms in total. The molecule has 8 heteroatoms. The summed E-state index contributed by atoms with van der Waals surface area (Å²) in [5.41, 5.74) is 6.41. The summed E-state index contributed by atoms with van der Waals surface area (Å²) in [5.74, 6) is 0.690. The smallest absolute Gasteiger partial charge is 0.326 e. The van der Waals surface area contributed by atoms with E-state index in [4.69, 9.17) is 16.3 Å². The second-order valence-electron chi connectivity index (χ2n) is 9.21. The molecule has 190 valence electrons. The van der Waals surface area contributed by atoms with Crippen LogP contribution in [0.25, 0.3) is 17.0 Å². The number of pyridine rings is 1. The average Bonchev–Trinajstić information content (AvgIpc) is 3.20. The number of aryl methyl sites for hydroxylation is 1. The number of fused-ring (bicyclic) bond motifs is 3. The van der Waals surface area contributed by atoms with Gasteiger partial charge in [-0.1, -0.05) is 53.6 Å². The molecular formula is C29H28BrClN4O2. The standard InChI is InChI=1S/C29H28BrClN4O2/c1-19-5-7-20(8-6-19)4-3-12-34-13-10-25-23(18-34)22-15-24(30)27(37-2)16-26(22)35(25)29(36)33-17-21-9-11-32-28(31)14-21/h3-9,11,14-16H,10,12-13,17-18H2,1-2H3,(H,33,36)/b4-3+. The quantitative estimate of drug-likeness (QED) is 0.262. The molecule has 0 aliphatic carbocycles. The lowest BCUT2D eigenvalue weighted by Gasteiger charge is -2.27. The number of hydrogen-bond donors (Lipinski definition) is 1. The number of benzene rings is 2. The SMILES string of the molecule is COc1cc2c(cc1Br)c1c(n2C(=O)NCc2ccnc(Cl)c2)CCN(C/C=C/c2ccc(C)cc2)C1. The highest BCUT2D eigenvalue weighted by atomic mass is 79.9. The summed E-state index contributed by atoms with van der Waals surface area (Å²) < 4.78 is 8.23. The third-order valence-corrected chi connectivity index (χ3v) is 7.52. The van der Waals surface area contributed by atoms with Crippen molar-refractivity contribution in [2.75, 3.05) is 20.2 Å². The largest absolute Gasteiger partial charge is 0.495 e. The molecule has 0 radical (unpaired) electrons. The Labute approximate surface area is 230 Å². The molecule has 0 atom stereocenters. The Morgan fingerprint density at radius 1 is 1.22 bits per heavy atom. The first kappa shape index (κ1) is 25.5. The van der Waals surface area contributed by atoms with Crippen molar-refractivity contribution in [2.24, 2.45) is 0 Å². The molecule has 1 N–H and O–H groups in total. The van der Waals surface area contributed by atoms with Crippen LogP contribution in [0.1, 0.15) is 27.9 Å². The number of rotatable bonds is 6. The fourth-order valence-electron chi connectivity index (χ4n) is 4.78. The van der Waals surface area contributed by atoms with E-state index >= 15 is 0 Å². The summed E-state index contributed by atoms with van der Waals surface area (Å²) in [4.78, 5) is 19.9. The monoisotopic (exact) mass is 578 g/mol. The summed E-state index contributed by atoms with van der Waals surface area (Å²) in [6.07, 6.45) is 6.79. The summed E-state index contributed by atoms with van der Waals surface area (Å²) >= 11 is 9.64. The van der Waals surface area contributed by atoms with Crippen molar-refractivity contribution in [3.05, 3.63) is 98.4 Å². The van der Waals surface area contributed by atoms with Crippen LogP contribution >= 0.6 is 27.5 Å². The number of carbonyl (C=O) groups is 1. The number of nitrogens with one attached hydrogen (secondary N) is 1. The molecule has 0 fully saturated rings. The van der Waals surface area contributed by atoms with E-state index in [1.54, 1.807) is 19.4 Å². The second-order valence-corrected chi connectivity index (χ2v) is 10.4. The molecule has 1 aliphatic rings. The van der Waals surface area contributed by atoms with Crippen LogP contribution < -0.4 is 10.1 Å². The van der Waals surface area contributed by atoms with Crippen LogP contribution in [0.3, 0.4) is 0 Å². The van der Waals surface area contributed by atoms with Gasteiger partial charge in [0.05, 0.1) is 17.1 Å². The molecule has 1 aliphatic heterocycles. The van der Waals surface area contributed by atoms with Crippen molar-refractivity contribution in [2.45, 2.75) is 26.4 Å². The van der Waals surface area contributed by atoms with Crippen LogP contribution in [0.15, 0.2) is 65.3 Å². The van der Waals surface area contributed by atoms with Gasteiger partial charge in [-0.2, -0.15) is 0 Å². The lowest BCUT2D eigenvalue weighted by atomic mass is 10.0. The average molecular weight is 580 g/mol. The number of aromatic nitrogens is 2. The molecule has 0 saturated heterocycles. The van der Waals surface area contributed by atoms with Gasteiger partial charge in [0, 0.05) is 55.9 Å². The van der Waals surface area contributed by atoms with E-state index in [1.807, 2.05) is 16.7 Å². The number of hydrogen-bond acceptors (Lipinski definition) is 4. The lowest BCUT2D eigenvalue weighted by molar-refractivity contribution is 0.240. The first-order valence-corrected chi connectivity index (χ1v) is 13.3. The van der Waals surface area contributed by atoms with Gasteiger partial charge in [-0.3, -0.25) is 9.47 Å². The molecule has 0 spiro atoms. The Hall–Kier alpha value is -3.13. The van der Waals surface area contributed by atoms with Crippen molar-refractivity contribution in [1.82, 2.24) is 19.8 Å². The fraction of sp³-hybridized carbons (Fsp3) is 0.241. The Balaban J connectivity index is 1.42. The van der Waals surface area contributed by atoms with E-state index in [0.29, 0.717) is 17.4 Å². The van der Waals surface area contributed by atoms with E-state index < -0.39 is 0 Å². The van der Waals surface area contributed by atoms with Crippen molar-refractivity contribution in [3.8, 4) is 5.75 Å². The third-order valence-electron chi connectivity index (χ3n) is 6.69. The zero-order valence-electron chi connectivity index (χ0n) is 20.8. The molecule has 4 aromatic rings. The molecule has 2 aromatic heterocycles. The highest BCUT2D eigenvalue weighted by Crippen LogP contribution is 2.37. The molecule has 5 rings (SSSR count). The predicted octanol–water partition coefficient (Wildman–Crippen LogP) is 6.60. The highest BCUT2D eigenvalue weighted by molar-refractivity contribution is 9.10. The van der Waals surface area contributed by atoms with Crippen LogP contribution in [0.2, 0.25) is 5.15 Å². The van der Waals surface area contributed by atoms with Gasteiger partial charge >= 0.3 is 6.03 Å². The van der Waals surface area contributed by atoms with Gasteiger partial charge in [0.25, 0.3) is 0 Å². The number of carbonyl (C=O) groups excluding carboxylic acids is 1. The van der Waals surface area contributed by atoms with Gasteiger partial charge < -0.3 is 10.1 Å². The van der Waals surface area contributed by atoms with E-state index in [-0.39, 0.29) is 6.03 Å². The summed E-state index contributed by atoms with van der Waals surface area (Å²) in [6.45, 7) is 4.93. The van der Waals surface area contributed by atoms with Gasteiger partial charge in [0.2, 0.25) is 0 Å².